The highest BCUT2D eigenvalue weighted by Gasteiger charge is 2.23. The number of aromatic nitrogens is 3. The van der Waals surface area contributed by atoms with E-state index in [2.05, 4.69) is 0 Å². The predicted octanol–water partition coefficient (Wildman–Crippen LogP) is 3.11. The van der Waals surface area contributed by atoms with Gasteiger partial charge in [-0.2, -0.15) is 0 Å². The molecule has 0 fully saturated rings. The summed E-state index contributed by atoms with van der Waals surface area (Å²) in [7, 11) is 2.99. The second kappa shape index (κ2) is 7.23. The molecule has 0 radical (unpaired) electrons. The number of anilines is 1. The van der Waals surface area contributed by atoms with Crippen LogP contribution in [0.2, 0.25) is 0 Å². The molecule has 9 heteroatoms. The first-order chi connectivity index (χ1) is 15.0. The van der Waals surface area contributed by atoms with Crippen molar-refractivity contribution in [2.24, 2.45) is 14.1 Å². The molecule has 164 valence electrons. The lowest BCUT2D eigenvalue weighted by Crippen LogP contribution is -2.36. The van der Waals surface area contributed by atoms with Crippen molar-refractivity contribution in [3.63, 3.8) is 0 Å². The van der Waals surface area contributed by atoms with Gasteiger partial charge in [-0.05, 0) is 44.0 Å². The summed E-state index contributed by atoms with van der Waals surface area (Å²) in [6.07, 6.45) is 1.68. The maximum Gasteiger partial charge on any atom is 0.330 e. The molecule has 0 spiro atoms. The molecule has 0 saturated heterocycles. The van der Waals surface area contributed by atoms with Crippen LogP contribution in [0, 0.1) is 30.9 Å². The molecule has 2 aromatic carbocycles. The van der Waals surface area contributed by atoms with Crippen LogP contribution < -0.4 is 17.0 Å². The summed E-state index contributed by atoms with van der Waals surface area (Å²) in [6.45, 7) is 5.56. The van der Waals surface area contributed by atoms with E-state index in [4.69, 9.17) is 5.73 Å². The van der Waals surface area contributed by atoms with Crippen LogP contribution in [0.15, 0.2) is 46.1 Å². The van der Waals surface area contributed by atoms with Crippen LogP contribution in [-0.2, 0) is 14.1 Å². The molecule has 9 nitrogen and oxygen atoms in total. The van der Waals surface area contributed by atoms with Gasteiger partial charge in [-0.25, -0.2) is 4.79 Å². The number of nitrogens with two attached hydrogens (primary N) is 1. The number of fused-ring (bicyclic) bond motifs is 1. The van der Waals surface area contributed by atoms with Crippen LogP contribution in [0.1, 0.15) is 16.7 Å². The number of hydrogen-bond acceptors (Lipinski definition) is 5. The molecule has 0 unspecified atom stereocenters. The van der Waals surface area contributed by atoms with Gasteiger partial charge < -0.3 is 10.3 Å². The predicted molar refractivity (Wildman–Crippen MR) is 124 cm³/mol. The number of benzene rings is 2. The zero-order valence-electron chi connectivity index (χ0n) is 18.5. The van der Waals surface area contributed by atoms with Crippen molar-refractivity contribution in [3.05, 3.63) is 84.2 Å². The average molecular weight is 433 g/mol. The third-order valence-corrected chi connectivity index (χ3v) is 6.02. The molecule has 2 N–H and O–H groups in total. The standard InChI is InChI=1S/C23H23N5O4/c1-12-6-7-15(10-17(12)28(31)32)21-20-19(25(4)23(30)26(5)22(20)29)11-27(21)18-9-14(3)13(2)8-16(18)24/h6-11H,24H2,1-5H3. The van der Waals surface area contributed by atoms with Gasteiger partial charge in [0.25, 0.3) is 11.2 Å². The smallest absolute Gasteiger partial charge is 0.330 e. The Morgan fingerprint density at radius 2 is 1.59 bits per heavy atom. The Labute approximate surface area is 183 Å². The van der Waals surface area contributed by atoms with Crippen molar-refractivity contribution in [2.75, 3.05) is 5.73 Å². The van der Waals surface area contributed by atoms with E-state index >= 15 is 0 Å². The zero-order valence-corrected chi connectivity index (χ0v) is 18.5. The fraction of sp³-hybridized carbons (Fsp3) is 0.217. The van der Waals surface area contributed by atoms with Crippen LogP contribution in [-0.4, -0.2) is 18.6 Å². The Morgan fingerprint density at radius 3 is 2.25 bits per heavy atom. The third kappa shape index (κ3) is 3.01. The first-order valence-corrected chi connectivity index (χ1v) is 9.96. The van der Waals surface area contributed by atoms with Crippen molar-refractivity contribution in [1.82, 2.24) is 13.7 Å². The maximum atomic E-state index is 13.2. The van der Waals surface area contributed by atoms with Crippen molar-refractivity contribution in [1.29, 1.82) is 0 Å². The molecule has 0 atom stereocenters. The van der Waals surface area contributed by atoms with Crippen LogP contribution in [0.3, 0.4) is 0 Å². The lowest BCUT2D eigenvalue weighted by Gasteiger charge is -2.15. The lowest BCUT2D eigenvalue weighted by molar-refractivity contribution is -0.385. The quantitative estimate of drug-likeness (QED) is 0.303. The summed E-state index contributed by atoms with van der Waals surface area (Å²) >= 11 is 0. The molecule has 0 aliphatic heterocycles. The van der Waals surface area contributed by atoms with E-state index in [1.807, 2.05) is 26.0 Å². The van der Waals surface area contributed by atoms with E-state index in [0.717, 1.165) is 15.7 Å². The van der Waals surface area contributed by atoms with Crippen LogP contribution in [0.25, 0.3) is 27.8 Å². The Balaban J connectivity index is 2.23. The van der Waals surface area contributed by atoms with Gasteiger partial charge in [-0.15, -0.1) is 0 Å². The molecule has 0 aliphatic rings. The monoisotopic (exact) mass is 433 g/mol. The summed E-state index contributed by atoms with van der Waals surface area (Å²) in [5, 5.41) is 11.9. The highest BCUT2D eigenvalue weighted by atomic mass is 16.6. The van der Waals surface area contributed by atoms with Crippen molar-refractivity contribution < 1.29 is 4.92 Å². The van der Waals surface area contributed by atoms with Crippen LogP contribution in [0.4, 0.5) is 11.4 Å². The SMILES string of the molecule is Cc1cc(N)c(-n2cc3c(c2-c2ccc(C)c([N+](=O)[O-])c2)c(=O)n(C)c(=O)n3C)cc1C. The molecule has 0 amide bonds. The maximum absolute atomic E-state index is 13.2. The van der Waals surface area contributed by atoms with E-state index in [1.54, 1.807) is 36.9 Å². The van der Waals surface area contributed by atoms with Gasteiger partial charge in [0.15, 0.2) is 0 Å². The van der Waals surface area contributed by atoms with Crippen LogP contribution >= 0.6 is 0 Å². The molecule has 0 bridgehead atoms. The van der Waals surface area contributed by atoms with Gasteiger partial charge in [0.1, 0.15) is 0 Å². The topological polar surface area (TPSA) is 118 Å². The van der Waals surface area contributed by atoms with Gasteiger partial charge in [0.2, 0.25) is 0 Å². The Hall–Kier alpha value is -4.14. The number of rotatable bonds is 3. The Kier molecular flexibility index (Phi) is 4.77. The Bertz CT molecular complexity index is 1560. The first-order valence-electron chi connectivity index (χ1n) is 9.96. The number of nitro benzene ring substituents is 1. The van der Waals surface area contributed by atoms with E-state index in [0.29, 0.717) is 33.7 Å². The van der Waals surface area contributed by atoms with E-state index in [9.17, 15) is 19.7 Å². The van der Waals surface area contributed by atoms with Crippen molar-refractivity contribution >= 4 is 22.3 Å². The molecular formula is C23H23N5O4. The Morgan fingerprint density at radius 1 is 0.938 bits per heavy atom. The normalized spacial score (nSPS) is 11.3. The van der Waals surface area contributed by atoms with E-state index in [1.165, 1.54) is 17.7 Å². The molecule has 2 heterocycles. The molecule has 4 rings (SSSR count). The summed E-state index contributed by atoms with van der Waals surface area (Å²) in [4.78, 5) is 36.9. The second-order valence-corrected chi connectivity index (χ2v) is 8.07. The molecule has 32 heavy (non-hydrogen) atoms. The van der Waals surface area contributed by atoms with Gasteiger partial charge in [-0.1, -0.05) is 12.1 Å². The summed E-state index contributed by atoms with van der Waals surface area (Å²) < 4.78 is 4.15. The average Bonchev–Trinajstić information content (AvgIpc) is 3.14. The highest BCUT2D eigenvalue weighted by molar-refractivity contribution is 5.95. The number of nitro groups is 1. The fourth-order valence-corrected chi connectivity index (χ4v) is 4.00. The van der Waals surface area contributed by atoms with E-state index < -0.39 is 16.2 Å². The third-order valence-electron chi connectivity index (χ3n) is 6.02. The lowest BCUT2D eigenvalue weighted by atomic mass is 10.0. The fourth-order valence-electron chi connectivity index (χ4n) is 4.00. The van der Waals surface area contributed by atoms with Gasteiger partial charge in [-0.3, -0.25) is 24.0 Å². The first kappa shape index (κ1) is 21.1. The number of hydrogen-bond donors (Lipinski definition) is 1. The molecule has 0 saturated carbocycles. The minimum absolute atomic E-state index is 0.0573. The molecular weight excluding hydrogens is 410 g/mol. The summed E-state index contributed by atoms with van der Waals surface area (Å²) in [5.74, 6) is 0. The van der Waals surface area contributed by atoms with Gasteiger partial charge in [0, 0.05) is 37.5 Å². The highest BCUT2D eigenvalue weighted by Crippen LogP contribution is 2.35. The number of nitrogens with zero attached hydrogens (tertiary/aromatic N) is 4. The number of aryl methyl sites for hydroxylation is 4. The van der Waals surface area contributed by atoms with Crippen LogP contribution in [0.5, 0.6) is 0 Å². The van der Waals surface area contributed by atoms with Gasteiger partial charge >= 0.3 is 5.69 Å². The zero-order chi connectivity index (χ0) is 23.5. The number of nitrogen functional groups attached to an aromatic ring is 1. The van der Waals surface area contributed by atoms with E-state index in [-0.39, 0.29) is 11.1 Å². The van der Waals surface area contributed by atoms with Gasteiger partial charge in [0.05, 0.1) is 32.9 Å². The summed E-state index contributed by atoms with van der Waals surface area (Å²) in [5.41, 5.74) is 10.3. The minimum atomic E-state index is -0.484. The second-order valence-electron chi connectivity index (χ2n) is 8.07. The summed E-state index contributed by atoms with van der Waals surface area (Å²) in [6, 6.07) is 8.57. The molecule has 4 aromatic rings. The van der Waals surface area contributed by atoms with Crippen molar-refractivity contribution in [2.45, 2.75) is 20.8 Å². The van der Waals surface area contributed by atoms with Crippen molar-refractivity contribution in [3.8, 4) is 16.9 Å². The largest absolute Gasteiger partial charge is 0.397 e. The molecule has 0 aliphatic carbocycles. The minimum Gasteiger partial charge on any atom is -0.397 e. The molecule has 2 aromatic heterocycles.